The van der Waals surface area contributed by atoms with Crippen LogP contribution in [0.3, 0.4) is 0 Å². The molecule has 148 valence electrons. The van der Waals surface area contributed by atoms with E-state index in [2.05, 4.69) is 15.3 Å². The largest absolute Gasteiger partial charge is 0.340 e. The van der Waals surface area contributed by atoms with Gasteiger partial charge < -0.3 is 10.2 Å². The van der Waals surface area contributed by atoms with E-state index in [1.165, 1.54) is 12.1 Å². The van der Waals surface area contributed by atoms with Crippen molar-refractivity contribution in [3.05, 3.63) is 71.8 Å². The Hall–Kier alpha value is -2.99. The van der Waals surface area contributed by atoms with Crippen molar-refractivity contribution >= 4 is 29.1 Å². The molecular formula is C22H20ClFN4O. The van der Waals surface area contributed by atoms with Gasteiger partial charge >= 0.3 is 0 Å². The SMILES string of the molecule is O=C(Nc1ccc(Cl)cc1)[C@@H]1CCCN(c2ncc(-c3ccc(F)cc3)cn2)C1. The number of hydrogen-bond donors (Lipinski definition) is 1. The average Bonchev–Trinajstić information content (AvgIpc) is 2.76. The maximum absolute atomic E-state index is 13.1. The Balaban J connectivity index is 1.41. The first-order valence-electron chi connectivity index (χ1n) is 9.48. The fourth-order valence-corrected chi connectivity index (χ4v) is 3.55. The highest BCUT2D eigenvalue weighted by Gasteiger charge is 2.27. The summed E-state index contributed by atoms with van der Waals surface area (Å²) in [6, 6.07) is 13.3. The fraction of sp³-hybridized carbons (Fsp3) is 0.227. The summed E-state index contributed by atoms with van der Waals surface area (Å²) >= 11 is 5.89. The fourth-order valence-electron chi connectivity index (χ4n) is 3.43. The smallest absolute Gasteiger partial charge is 0.229 e. The Morgan fingerprint density at radius 3 is 2.41 bits per heavy atom. The molecule has 0 spiro atoms. The highest BCUT2D eigenvalue weighted by Crippen LogP contribution is 2.24. The number of nitrogens with one attached hydrogen (secondary N) is 1. The summed E-state index contributed by atoms with van der Waals surface area (Å²) in [6.45, 7) is 1.37. The summed E-state index contributed by atoms with van der Waals surface area (Å²) in [5, 5.41) is 3.58. The third kappa shape index (κ3) is 4.71. The van der Waals surface area contributed by atoms with Crippen LogP contribution in [0.4, 0.5) is 16.0 Å². The van der Waals surface area contributed by atoms with Crippen molar-refractivity contribution in [2.24, 2.45) is 5.92 Å². The van der Waals surface area contributed by atoms with Gasteiger partial charge in [-0.2, -0.15) is 0 Å². The number of aromatic nitrogens is 2. The number of hydrogen-bond acceptors (Lipinski definition) is 4. The summed E-state index contributed by atoms with van der Waals surface area (Å²) in [5.74, 6) is 0.169. The van der Waals surface area contributed by atoms with E-state index in [0.29, 0.717) is 17.5 Å². The van der Waals surface area contributed by atoms with Crippen LogP contribution in [-0.4, -0.2) is 29.0 Å². The van der Waals surface area contributed by atoms with Gasteiger partial charge in [0.2, 0.25) is 11.9 Å². The third-order valence-corrected chi connectivity index (χ3v) is 5.25. The first-order valence-corrected chi connectivity index (χ1v) is 9.85. The minimum absolute atomic E-state index is 0.0139. The molecule has 1 saturated heterocycles. The van der Waals surface area contributed by atoms with E-state index in [9.17, 15) is 9.18 Å². The number of carbonyl (C=O) groups excluding carboxylic acids is 1. The Bertz CT molecular complexity index is 977. The Labute approximate surface area is 173 Å². The molecule has 1 aliphatic heterocycles. The van der Waals surface area contributed by atoms with Crippen LogP contribution in [0.15, 0.2) is 60.9 Å². The van der Waals surface area contributed by atoms with E-state index in [-0.39, 0.29) is 17.6 Å². The quantitative estimate of drug-likeness (QED) is 0.671. The monoisotopic (exact) mass is 410 g/mol. The highest BCUT2D eigenvalue weighted by molar-refractivity contribution is 6.30. The summed E-state index contributed by atoms with van der Waals surface area (Å²) < 4.78 is 13.1. The lowest BCUT2D eigenvalue weighted by Crippen LogP contribution is -2.41. The summed E-state index contributed by atoms with van der Waals surface area (Å²) in [6.07, 6.45) is 5.17. The first kappa shape index (κ1) is 19.3. The molecule has 0 radical (unpaired) electrons. The minimum atomic E-state index is -0.275. The van der Waals surface area contributed by atoms with Gasteiger partial charge in [-0.1, -0.05) is 23.7 Å². The van der Waals surface area contributed by atoms with Crippen molar-refractivity contribution in [2.75, 3.05) is 23.3 Å². The van der Waals surface area contributed by atoms with Crippen LogP contribution >= 0.6 is 11.6 Å². The molecule has 0 aliphatic carbocycles. The molecule has 1 aliphatic rings. The number of halogens is 2. The zero-order valence-corrected chi connectivity index (χ0v) is 16.4. The van der Waals surface area contributed by atoms with E-state index in [1.807, 2.05) is 4.90 Å². The van der Waals surface area contributed by atoms with Crippen LogP contribution in [0, 0.1) is 11.7 Å². The van der Waals surface area contributed by atoms with E-state index >= 15 is 0 Å². The Morgan fingerprint density at radius 1 is 1.03 bits per heavy atom. The molecule has 7 heteroatoms. The number of nitrogens with zero attached hydrogens (tertiary/aromatic N) is 3. The minimum Gasteiger partial charge on any atom is -0.340 e. The number of carbonyl (C=O) groups is 1. The van der Waals surface area contributed by atoms with Gasteiger partial charge in [0.05, 0.1) is 5.92 Å². The molecule has 0 bridgehead atoms. The average molecular weight is 411 g/mol. The molecule has 5 nitrogen and oxygen atoms in total. The zero-order chi connectivity index (χ0) is 20.2. The molecule has 0 saturated carbocycles. The van der Waals surface area contributed by atoms with E-state index in [1.54, 1.807) is 48.8 Å². The van der Waals surface area contributed by atoms with Crippen LogP contribution in [-0.2, 0) is 4.79 Å². The molecule has 1 N–H and O–H groups in total. The maximum Gasteiger partial charge on any atom is 0.229 e. The van der Waals surface area contributed by atoms with Gasteiger partial charge in [-0.3, -0.25) is 4.79 Å². The summed E-state index contributed by atoms with van der Waals surface area (Å²) in [4.78, 5) is 23.6. The summed E-state index contributed by atoms with van der Waals surface area (Å²) in [7, 11) is 0. The van der Waals surface area contributed by atoms with Gasteiger partial charge in [-0.05, 0) is 54.8 Å². The van der Waals surface area contributed by atoms with E-state index in [0.717, 1.165) is 36.2 Å². The lowest BCUT2D eigenvalue weighted by molar-refractivity contribution is -0.120. The van der Waals surface area contributed by atoms with Crippen LogP contribution in [0.5, 0.6) is 0 Å². The van der Waals surface area contributed by atoms with Crippen molar-refractivity contribution in [1.82, 2.24) is 9.97 Å². The predicted molar refractivity (Wildman–Crippen MR) is 112 cm³/mol. The Kier molecular flexibility index (Phi) is 5.71. The zero-order valence-electron chi connectivity index (χ0n) is 15.7. The molecule has 0 unspecified atom stereocenters. The highest BCUT2D eigenvalue weighted by atomic mass is 35.5. The molecule has 3 aromatic rings. The molecule has 2 aromatic carbocycles. The van der Waals surface area contributed by atoms with Crippen molar-refractivity contribution in [2.45, 2.75) is 12.8 Å². The topological polar surface area (TPSA) is 58.1 Å². The second-order valence-corrected chi connectivity index (χ2v) is 7.50. The molecule has 1 amide bonds. The van der Waals surface area contributed by atoms with Gasteiger partial charge in [-0.25, -0.2) is 14.4 Å². The number of rotatable bonds is 4. The van der Waals surface area contributed by atoms with Gasteiger partial charge in [0.15, 0.2) is 0 Å². The van der Waals surface area contributed by atoms with Crippen molar-refractivity contribution in [1.29, 1.82) is 0 Å². The predicted octanol–water partition coefficient (Wildman–Crippen LogP) is 4.79. The number of anilines is 2. The van der Waals surface area contributed by atoms with Crippen LogP contribution < -0.4 is 10.2 Å². The molecular weight excluding hydrogens is 391 g/mol. The molecule has 2 heterocycles. The number of amides is 1. The van der Waals surface area contributed by atoms with Gasteiger partial charge in [-0.15, -0.1) is 0 Å². The molecule has 1 fully saturated rings. The molecule has 4 rings (SSSR count). The molecule has 1 atom stereocenters. The van der Waals surface area contributed by atoms with Crippen LogP contribution in [0.2, 0.25) is 5.02 Å². The van der Waals surface area contributed by atoms with E-state index < -0.39 is 0 Å². The van der Waals surface area contributed by atoms with Gasteiger partial charge in [0, 0.05) is 41.8 Å². The van der Waals surface area contributed by atoms with Crippen molar-refractivity contribution in [3.8, 4) is 11.1 Å². The second-order valence-electron chi connectivity index (χ2n) is 7.06. The van der Waals surface area contributed by atoms with Gasteiger partial charge in [0.1, 0.15) is 5.82 Å². The number of piperidine rings is 1. The number of benzene rings is 2. The van der Waals surface area contributed by atoms with Crippen LogP contribution in [0.1, 0.15) is 12.8 Å². The third-order valence-electron chi connectivity index (χ3n) is 5.00. The lowest BCUT2D eigenvalue weighted by Gasteiger charge is -2.32. The lowest BCUT2D eigenvalue weighted by atomic mass is 9.97. The molecule has 29 heavy (non-hydrogen) atoms. The standard InChI is InChI=1S/C22H20ClFN4O/c23-18-5-9-20(10-6-18)27-21(29)16-2-1-11-28(14-16)22-25-12-17(13-26-22)15-3-7-19(24)8-4-15/h3-10,12-13,16H,1-2,11,14H2,(H,27,29)/t16-/m1/s1. The second kappa shape index (κ2) is 8.57. The summed E-state index contributed by atoms with van der Waals surface area (Å²) in [5.41, 5.74) is 2.41. The van der Waals surface area contributed by atoms with E-state index in [4.69, 9.17) is 11.6 Å². The van der Waals surface area contributed by atoms with Crippen LogP contribution in [0.25, 0.3) is 11.1 Å². The first-order chi connectivity index (χ1) is 14.1. The van der Waals surface area contributed by atoms with Crippen molar-refractivity contribution < 1.29 is 9.18 Å². The van der Waals surface area contributed by atoms with Gasteiger partial charge in [0.25, 0.3) is 0 Å². The van der Waals surface area contributed by atoms with Crippen molar-refractivity contribution in [3.63, 3.8) is 0 Å². The maximum atomic E-state index is 13.1. The molecule has 1 aromatic heterocycles. The Morgan fingerprint density at radius 2 is 1.72 bits per heavy atom. The normalized spacial score (nSPS) is 16.5.